The van der Waals surface area contributed by atoms with Gasteiger partial charge >= 0.3 is 0 Å². The number of hydrogen-bond donors (Lipinski definition) is 0. The van der Waals surface area contributed by atoms with Crippen LogP contribution in [-0.2, 0) is 7.05 Å². The van der Waals surface area contributed by atoms with Crippen LogP contribution >= 0.6 is 0 Å². The highest BCUT2D eigenvalue weighted by atomic mass is 16.2. The molecule has 7 heteroatoms. The van der Waals surface area contributed by atoms with Crippen LogP contribution in [0.4, 0.5) is 0 Å². The summed E-state index contributed by atoms with van der Waals surface area (Å²) in [4.78, 5) is 18.3. The Labute approximate surface area is 117 Å². The summed E-state index contributed by atoms with van der Waals surface area (Å²) in [5.74, 6) is -0.00137. The topological polar surface area (TPSA) is 68.8 Å². The molecule has 0 aliphatic carbocycles. The number of piperidine rings is 1. The smallest absolute Gasteiger partial charge is 0.274 e. The van der Waals surface area contributed by atoms with Gasteiger partial charge in [0.2, 0.25) is 0 Å². The van der Waals surface area contributed by atoms with Gasteiger partial charge in [0, 0.05) is 25.8 Å². The van der Waals surface area contributed by atoms with Crippen molar-refractivity contribution in [2.45, 2.75) is 25.8 Å². The maximum atomic E-state index is 12.5. The van der Waals surface area contributed by atoms with Crippen LogP contribution < -0.4 is 0 Å². The van der Waals surface area contributed by atoms with Crippen LogP contribution in [0, 0.1) is 6.92 Å². The molecule has 1 atom stereocenters. The standard InChI is InChI=1S/C13H18N6O/c1-10-6-12(16-17(10)2)13(20)18-5-3-4-11(7-18)19-9-14-8-15-19/h6,8-9,11H,3-5,7H2,1-2H3/t11-/m1/s1. The van der Waals surface area contributed by atoms with E-state index in [1.54, 1.807) is 11.0 Å². The molecular weight excluding hydrogens is 256 g/mol. The summed E-state index contributed by atoms with van der Waals surface area (Å²) in [7, 11) is 1.85. The van der Waals surface area contributed by atoms with Crippen molar-refractivity contribution in [2.75, 3.05) is 13.1 Å². The van der Waals surface area contributed by atoms with E-state index >= 15 is 0 Å². The molecule has 0 spiro atoms. The molecule has 0 saturated carbocycles. The molecule has 1 amide bonds. The van der Waals surface area contributed by atoms with Crippen molar-refractivity contribution in [2.24, 2.45) is 7.05 Å². The van der Waals surface area contributed by atoms with Gasteiger partial charge in [-0.25, -0.2) is 9.67 Å². The Morgan fingerprint density at radius 2 is 2.30 bits per heavy atom. The molecule has 2 aromatic rings. The average molecular weight is 274 g/mol. The maximum absolute atomic E-state index is 12.5. The number of hydrogen-bond acceptors (Lipinski definition) is 4. The second-order valence-electron chi connectivity index (χ2n) is 5.22. The summed E-state index contributed by atoms with van der Waals surface area (Å²) < 4.78 is 3.56. The van der Waals surface area contributed by atoms with Crippen LogP contribution in [0.1, 0.15) is 35.1 Å². The molecule has 106 valence electrons. The van der Waals surface area contributed by atoms with Gasteiger partial charge in [-0.1, -0.05) is 0 Å². The third-order valence-electron chi connectivity index (χ3n) is 3.83. The lowest BCUT2D eigenvalue weighted by atomic mass is 10.1. The third kappa shape index (κ3) is 2.31. The van der Waals surface area contributed by atoms with Crippen LogP contribution in [0.15, 0.2) is 18.7 Å². The third-order valence-corrected chi connectivity index (χ3v) is 3.83. The molecule has 2 aromatic heterocycles. The van der Waals surface area contributed by atoms with E-state index in [0.717, 1.165) is 25.1 Å². The highest BCUT2D eigenvalue weighted by molar-refractivity contribution is 5.92. The summed E-state index contributed by atoms with van der Waals surface area (Å²) in [6, 6.07) is 2.04. The van der Waals surface area contributed by atoms with E-state index in [2.05, 4.69) is 15.2 Å². The van der Waals surface area contributed by atoms with Gasteiger partial charge in [0.1, 0.15) is 12.7 Å². The van der Waals surface area contributed by atoms with Crippen LogP contribution in [0.2, 0.25) is 0 Å². The lowest BCUT2D eigenvalue weighted by Crippen LogP contribution is -2.41. The Kier molecular flexibility index (Phi) is 3.25. The monoisotopic (exact) mass is 274 g/mol. The van der Waals surface area contributed by atoms with E-state index in [1.807, 2.05) is 29.6 Å². The fourth-order valence-corrected chi connectivity index (χ4v) is 2.59. The molecule has 1 aliphatic rings. The van der Waals surface area contributed by atoms with E-state index in [4.69, 9.17) is 0 Å². The molecule has 3 rings (SSSR count). The first-order valence-corrected chi connectivity index (χ1v) is 6.79. The molecule has 20 heavy (non-hydrogen) atoms. The Morgan fingerprint density at radius 1 is 1.45 bits per heavy atom. The maximum Gasteiger partial charge on any atom is 0.274 e. The van der Waals surface area contributed by atoms with Crippen molar-refractivity contribution in [3.8, 4) is 0 Å². The summed E-state index contributed by atoms with van der Waals surface area (Å²) >= 11 is 0. The Morgan fingerprint density at radius 3 is 2.95 bits per heavy atom. The number of carbonyl (C=O) groups is 1. The number of rotatable bonds is 2. The molecule has 1 fully saturated rings. The largest absolute Gasteiger partial charge is 0.335 e. The highest BCUT2D eigenvalue weighted by Crippen LogP contribution is 2.21. The number of aromatic nitrogens is 5. The van der Waals surface area contributed by atoms with Crippen molar-refractivity contribution in [3.05, 3.63) is 30.1 Å². The van der Waals surface area contributed by atoms with Gasteiger partial charge in [0.15, 0.2) is 5.69 Å². The predicted octanol–water partition coefficient (Wildman–Crippen LogP) is 0.797. The van der Waals surface area contributed by atoms with Gasteiger partial charge in [-0.3, -0.25) is 9.48 Å². The summed E-state index contributed by atoms with van der Waals surface area (Å²) in [5, 5.41) is 8.44. The molecule has 0 bridgehead atoms. The van der Waals surface area contributed by atoms with Gasteiger partial charge in [0.05, 0.1) is 6.04 Å². The lowest BCUT2D eigenvalue weighted by molar-refractivity contribution is 0.0666. The molecule has 0 aromatic carbocycles. The van der Waals surface area contributed by atoms with Crippen molar-refractivity contribution in [1.29, 1.82) is 0 Å². The second kappa shape index (κ2) is 5.07. The van der Waals surface area contributed by atoms with Crippen molar-refractivity contribution in [3.63, 3.8) is 0 Å². The zero-order valence-electron chi connectivity index (χ0n) is 11.7. The van der Waals surface area contributed by atoms with Crippen LogP contribution in [0.3, 0.4) is 0 Å². The number of carbonyl (C=O) groups excluding carboxylic acids is 1. The minimum absolute atomic E-state index is 0.00137. The first-order valence-electron chi connectivity index (χ1n) is 6.79. The quantitative estimate of drug-likeness (QED) is 0.812. The first kappa shape index (κ1) is 12.8. The SMILES string of the molecule is Cc1cc(C(=O)N2CCC[C@@H](n3cncn3)C2)nn1C. The molecule has 3 heterocycles. The Hall–Kier alpha value is -2.18. The van der Waals surface area contributed by atoms with Crippen molar-refractivity contribution < 1.29 is 4.79 Å². The summed E-state index contributed by atoms with van der Waals surface area (Å²) in [6.07, 6.45) is 5.24. The molecule has 7 nitrogen and oxygen atoms in total. The molecule has 0 unspecified atom stereocenters. The van der Waals surface area contributed by atoms with E-state index in [-0.39, 0.29) is 11.9 Å². The van der Waals surface area contributed by atoms with Crippen LogP contribution in [-0.4, -0.2) is 48.4 Å². The van der Waals surface area contributed by atoms with Crippen molar-refractivity contribution >= 4 is 5.91 Å². The summed E-state index contributed by atoms with van der Waals surface area (Å²) in [5.41, 5.74) is 1.50. The minimum Gasteiger partial charge on any atom is -0.335 e. The zero-order valence-corrected chi connectivity index (χ0v) is 11.7. The van der Waals surface area contributed by atoms with Gasteiger partial charge in [0.25, 0.3) is 5.91 Å². The number of nitrogens with zero attached hydrogens (tertiary/aromatic N) is 6. The number of aryl methyl sites for hydroxylation is 2. The molecule has 0 N–H and O–H groups in total. The molecular formula is C13H18N6O. The molecule has 0 radical (unpaired) electrons. The van der Waals surface area contributed by atoms with E-state index in [9.17, 15) is 4.79 Å². The molecule has 1 aliphatic heterocycles. The number of likely N-dealkylation sites (tertiary alicyclic amines) is 1. The van der Waals surface area contributed by atoms with Crippen LogP contribution in [0.5, 0.6) is 0 Å². The van der Waals surface area contributed by atoms with Gasteiger partial charge in [-0.2, -0.15) is 10.2 Å². The van der Waals surface area contributed by atoms with Crippen molar-refractivity contribution in [1.82, 2.24) is 29.4 Å². The predicted molar refractivity (Wildman–Crippen MR) is 72.1 cm³/mol. The van der Waals surface area contributed by atoms with Gasteiger partial charge in [-0.15, -0.1) is 0 Å². The normalized spacial score (nSPS) is 19.3. The van der Waals surface area contributed by atoms with E-state index < -0.39 is 0 Å². The highest BCUT2D eigenvalue weighted by Gasteiger charge is 2.27. The van der Waals surface area contributed by atoms with Gasteiger partial charge in [-0.05, 0) is 25.8 Å². The number of amides is 1. The fourth-order valence-electron chi connectivity index (χ4n) is 2.59. The zero-order chi connectivity index (χ0) is 14.1. The Balaban J connectivity index is 1.75. The lowest BCUT2D eigenvalue weighted by Gasteiger charge is -2.32. The van der Waals surface area contributed by atoms with Crippen LogP contribution in [0.25, 0.3) is 0 Å². The molecule has 1 saturated heterocycles. The van der Waals surface area contributed by atoms with E-state index in [0.29, 0.717) is 12.2 Å². The fraction of sp³-hybridized carbons (Fsp3) is 0.538. The van der Waals surface area contributed by atoms with Gasteiger partial charge < -0.3 is 4.90 Å². The average Bonchev–Trinajstić information content (AvgIpc) is 3.09. The Bertz CT molecular complexity index is 583. The second-order valence-corrected chi connectivity index (χ2v) is 5.22. The van der Waals surface area contributed by atoms with E-state index in [1.165, 1.54) is 6.33 Å². The summed E-state index contributed by atoms with van der Waals surface area (Å²) in [6.45, 7) is 3.38. The first-order chi connectivity index (χ1) is 9.65. The minimum atomic E-state index is -0.00137.